The highest BCUT2D eigenvalue weighted by atomic mass is 19.3. The molecule has 1 saturated carbocycles. The molecule has 1 atom stereocenters. The summed E-state index contributed by atoms with van der Waals surface area (Å²) in [5.74, 6) is -3.32. The number of aryl methyl sites for hydroxylation is 1. The van der Waals surface area contributed by atoms with Crippen LogP contribution in [0.3, 0.4) is 0 Å². The molecule has 1 aliphatic carbocycles. The Bertz CT molecular complexity index is 769. The van der Waals surface area contributed by atoms with Crippen LogP contribution in [0.4, 0.5) is 8.78 Å². The van der Waals surface area contributed by atoms with E-state index in [1.54, 1.807) is 6.92 Å². The molecule has 23 heavy (non-hydrogen) atoms. The maximum atomic E-state index is 14.1. The standard InChI is InChI=1S/C15H20F2N4O2/c1-10-12(5-7-22)13(23)21-14(19-10)18-9-20(21)8-11-4-2-3-6-15(11,16)17/h9,11,22H,2-8H2,1H3. The molecule has 0 aromatic carbocycles. The third kappa shape index (κ3) is 2.87. The molecule has 8 heteroatoms. The molecule has 0 bridgehead atoms. The molecular formula is C15H20F2N4O2. The van der Waals surface area contributed by atoms with E-state index in [1.807, 2.05) is 0 Å². The van der Waals surface area contributed by atoms with Crippen LogP contribution in [0.15, 0.2) is 11.1 Å². The third-order valence-corrected chi connectivity index (χ3v) is 4.59. The van der Waals surface area contributed by atoms with Gasteiger partial charge in [0.15, 0.2) is 0 Å². The minimum Gasteiger partial charge on any atom is -0.396 e. The summed E-state index contributed by atoms with van der Waals surface area (Å²) in [6.45, 7) is 1.55. The number of aromatic nitrogens is 4. The third-order valence-electron chi connectivity index (χ3n) is 4.59. The van der Waals surface area contributed by atoms with Gasteiger partial charge in [0.1, 0.15) is 6.33 Å². The Hall–Kier alpha value is -1.83. The lowest BCUT2D eigenvalue weighted by Gasteiger charge is -2.31. The van der Waals surface area contributed by atoms with Crippen molar-refractivity contribution in [2.45, 2.75) is 51.5 Å². The van der Waals surface area contributed by atoms with Gasteiger partial charge in [-0.1, -0.05) is 6.42 Å². The van der Waals surface area contributed by atoms with Crippen LogP contribution in [-0.4, -0.2) is 36.8 Å². The number of hydrogen-bond donors (Lipinski definition) is 1. The van der Waals surface area contributed by atoms with Gasteiger partial charge >= 0.3 is 0 Å². The zero-order valence-corrected chi connectivity index (χ0v) is 13.0. The van der Waals surface area contributed by atoms with E-state index in [-0.39, 0.29) is 37.3 Å². The Morgan fingerprint density at radius 1 is 1.43 bits per heavy atom. The first-order valence-electron chi connectivity index (χ1n) is 7.86. The minimum atomic E-state index is -2.72. The summed E-state index contributed by atoms with van der Waals surface area (Å²) < 4.78 is 30.8. The van der Waals surface area contributed by atoms with Crippen molar-refractivity contribution in [2.24, 2.45) is 5.92 Å². The molecule has 1 aliphatic rings. The largest absolute Gasteiger partial charge is 0.396 e. The van der Waals surface area contributed by atoms with Crippen LogP contribution in [0.5, 0.6) is 0 Å². The van der Waals surface area contributed by atoms with E-state index in [4.69, 9.17) is 5.11 Å². The fourth-order valence-corrected chi connectivity index (χ4v) is 3.27. The van der Waals surface area contributed by atoms with E-state index < -0.39 is 11.8 Å². The monoisotopic (exact) mass is 326 g/mol. The first-order valence-corrected chi connectivity index (χ1v) is 7.86. The van der Waals surface area contributed by atoms with Crippen molar-refractivity contribution in [1.29, 1.82) is 0 Å². The lowest BCUT2D eigenvalue weighted by atomic mass is 9.85. The van der Waals surface area contributed by atoms with E-state index >= 15 is 0 Å². The van der Waals surface area contributed by atoms with Crippen molar-refractivity contribution in [2.75, 3.05) is 6.61 Å². The summed E-state index contributed by atoms with van der Waals surface area (Å²) in [7, 11) is 0. The highest BCUT2D eigenvalue weighted by molar-refractivity contribution is 5.31. The summed E-state index contributed by atoms with van der Waals surface area (Å²) in [5.41, 5.74) is 0.553. The van der Waals surface area contributed by atoms with Crippen molar-refractivity contribution in [3.05, 3.63) is 27.9 Å². The number of fused-ring (bicyclic) bond motifs is 1. The lowest BCUT2D eigenvalue weighted by Crippen LogP contribution is -2.36. The molecule has 2 heterocycles. The number of halogens is 2. The fraction of sp³-hybridized carbons (Fsp3) is 0.667. The Morgan fingerprint density at radius 2 is 2.22 bits per heavy atom. The predicted molar refractivity (Wildman–Crippen MR) is 79.7 cm³/mol. The summed E-state index contributed by atoms with van der Waals surface area (Å²) in [6.07, 6.45) is 3.21. The van der Waals surface area contributed by atoms with E-state index in [2.05, 4.69) is 9.97 Å². The Labute approximate surface area is 131 Å². The predicted octanol–water partition coefficient (Wildman–Crippen LogP) is 1.56. The molecule has 0 spiro atoms. The Balaban J connectivity index is 2.02. The van der Waals surface area contributed by atoms with Gasteiger partial charge in [-0.15, -0.1) is 0 Å². The van der Waals surface area contributed by atoms with Crippen LogP contribution in [0.2, 0.25) is 0 Å². The summed E-state index contributed by atoms with van der Waals surface area (Å²) >= 11 is 0. The highest BCUT2D eigenvalue weighted by Crippen LogP contribution is 2.39. The first-order chi connectivity index (χ1) is 10.9. The minimum absolute atomic E-state index is 0.0344. The molecule has 1 N–H and O–H groups in total. The van der Waals surface area contributed by atoms with Gasteiger partial charge in [0, 0.05) is 37.5 Å². The van der Waals surface area contributed by atoms with Gasteiger partial charge in [0.25, 0.3) is 17.3 Å². The molecule has 0 saturated heterocycles. The van der Waals surface area contributed by atoms with Gasteiger partial charge < -0.3 is 5.11 Å². The van der Waals surface area contributed by atoms with Gasteiger partial charge in [-0.05, 0) is 19.8 Å². The molecule has 2 aromatic rings. The lowest BCUT2D eigenvalue weighted by molar-refractivity contribution is -0.0922. The van der Waals surface area contributed by atoms with Crippen molar-refractivity contribution in [3.8, 4) is 0 Å². The van der Waals surface area contributed by atoms with Crippen LogP contribution in [-0.2, 0) is 13.0 Å². The molecule has 0 amide bonds. The van der Waals surface area contributed by atoms with E-state index in [1.165, 1.54) is 15.5 Å². The topological polar surface area (TPSA) is 72.4 Å². The second-order valence-electron chi connectivity index (χ2n) is 6.14. The summed E-state index contributed by atoms with van der Waals surface area (Å²) in [5, 5.41) is 9.09. The van der Waals surface area contributed by atoms with Gasteiger partial charge in [0.2, 0.25) is 0 Å². The number of rotatable bonds is 4. The van der Waals surface area contributed by atoms with E-state index in [0.29, 0.717) is 24.1 Å². The molecule has 3 rings (SSSR count). The van der Waals surface area contributed by atoms with Crippen molar-refractivity contribution < 1.29 is 13.9 Å². The Kier molecular flexibility index (Phi) is 4.18. The van der Waals surface area contributed by atoms with E-state index in [0.717, 1.165) is 6.42 Å². The maximum absolute atomic E-state index is 14.1. The molecule has 0 aliphatic heterocycles. The second kappa shape index (κ2) is 5.99. The molecule has 2 aromatic heterocycles. The van der Waals surface area contributed by atoms with Crippen molar-refractivity contribution in [3.63, 3.8) is 0 Å². The van der Waals surface area contributed by atoms with Gasteiger partial charge in [0.05, 0.1) is 5.69 Å². The quantitative estimate of drug-likeness (QED) is 0.925. The van der Waals surface area contributed by atoms with Crippen LogP contribution < -0.4 is 5.56 Å². The normalized spacial score (nSPS) is 21.0. The maximum Gasteiger partial charge on any atom is 0.277 e. The van der Waals surface area contributed by atoms with Crippen LogP contribution in [0.25, 0.3) is 5.78 Å². The van der Waals surface area contributed by atoms with Crippen LogP contribution >= 0.6 is 0 Å². The molecule has 1 fully saturated rings. The smallest absolute Gasteiger partial charge is 0.277 e. The molecule has 126 valence electrons. The summed E-state index contributed by atoms with van der Waals surface area (Å²) in [6, 6.07) is 0. The van der Waals surface area contributed by atoms with E-state index in [9.17, 15) is 13.6 Å². The second-order valence-corrected chi connectivity index (χ2v) is 6.14. The SMILES string of the molecule is Cc1nc2ncn(CC3CCCCC3(F)F)n2c(=O)c1CCO. The van der Waals surface area contributed by atoms with Crippen LogP contribution in [0, 0.1) is 12.8 Å². The molecular weight excluding hydrogens is 306 g/mol. The van der Waals surface area contributed by atoms with Crippen LogP contribution in [0.1, 0.15) is 36.9 Å². The fourth-order valence-electron chi connectivity index (χ4n) is 3.27. The highest BCUT2D eigenvalue weighted by Gasteiger charge is 2.41. The van der Waals surface area contributed by atoms with Crippen molar-refractivity contribution >= 4 is 5.78 Å². The van der Waals surface area contributed by atoms with Gasteiger partial charge in [-0.25, -0.2) is 13.8 Å². The number of hydrogen-bond acceptors (Lipinski definition) is 4. The number of aliphatic hydroxyl groups is 1. The zero-order valence-electron chi connectivity index (χ0n) is 13.0. The Morgan fingerprint density at radius 3 is 2.91 bits per heavy atom. The molecule has 6 nitrogen and oxygen atoms in total. The number of aliphatic hydroxyl groups excluding tert-OH is 1. The molecule has 1 unspecified atom stereocenters. The first kappa shape index (κ1) is 16.0. The average molecular weight is 326 g/mol. The zero-order chi connectivity index (χ0) is 16.6. The van der Waals surface area contributed by atoms with Gasteiger partial charge in [-0.3, -0.25) is 9.48 Å². The number of nitrogens with zero attached hydrogens (tertiary/aromatic N) is 4. The number of alkyl halides is 2. The average Bonchev–Trinajstić information content (AvgIpc) is 2.88. The van der Waals surface area contributed by atoms with Crippen molar-refractivity contribution in [1.82, 2.24) is 19.2 Å². The summed E-state index contributed by atoms with van der Waals surface area (Å²) in [4.78, 5) is 20.9. The molecule has 0 radical (unpaired) electrons. The van der Waals surface area contributed by atoms with Gasteiger partial charge in [-0.2, -0.15) is 9.50 Å².